The van der Waals surface area contributed by atoms with E-state index in [0.29, 0.717) is 53.6 Å². The van der Waals surface area contributed by atoms with E-state index in [1.807, 2.05) is 19.1 Å². The number of ketones is 1. The fourth-order valence-corrected chi connectivity index (χ4v) is 4.34. The number of aliphatic hydroxyl groups is 2. The Labute approximate surface area is 203 Å². The lowest BCUT2D eigenvalue weighted by Gasteiger charge is -2.14. The van der Waals surface area contributed by atoms with E-state index in [4.69, 9.17) is 21.4 Å². The molecule has 8 heteroatoms. The summed E-state index contributed by atoms with van der Waals surface area (Å²) in [4.78, 5) is 17.4. The average Bonchev–Trinajstić information content (AvgIpc) is 3.55. The van der Waals surface area contributed by atoms with Gasteiger partial charge in [0.15, 0.2) is 11.6 Å². The van der Waals surface area contributed by atoms with Crippen LogP contribution >= 0.6 is 11.6 Å². The molecule has 182 valence electrons. The standard InChI is InChI=1S/C26H30ClFN2O4/c1-16-9-19(27)7-6-18(16)10-22-21(24(33)14-34-13-17-4-5-17)11-23-26(25(22)28)29-15-30(23)8-2-3-20(32)12-31/h6-7,9,11,15,17,20,31-32H,2-5,8,10,12-14H2,1H3. The molecule has 2 aromatic carbocycles. The van der Waals surface area contributed by atoms with Crippen LogP contribution in [-0.2, 0) is 17.7 Å². The molecule has 1 atom stereocenters. The lowest BCUT2D eigenvalue weighted by atomic mass is 9.94. The van der Waals surface area contributed by atoms with Crippen LogP contribution in [0.1, 0.15) is 52.7 Å². The molecule has 1 fully saturated rings. The summed E-state index contributed by atoms with van der Waals surface area (Å²) in [6, 6.07) is 7.14. The molecular weight excluding hydrogens is 459 g/mol. The van der Waals surface area contributed by atoms with Crippen molar-refractivity contribution in [2.75, 3.05) is 19.8 Å². The number of fused-ring (bicyclic) bond motifs is 1. The predicted molar refractivity (Wildman–Crippen MR) is 129 cm³/mol. The maximum absolute atomic E-state index is 15.8. The maximum atomic E-state index is 15.8. The summed E-state index contributed by atoms with van der Waals surface area (Å²) in [5, 5.41) is 19.2. The van der Waals surface area contributed by atoms with Crippen molar-refractivity contribution in [2.24, 2.45) is 5.92 Å². The summed E-state index contributed by atoms with van der Waals surface area (Å²) >= 11 is 6.08. The van der Waals surface area contributed by atoms with E-state index in [9.17, 15) is 9.90 Å². The van der Waals surface area contributed by atoms with E-state index < -0.39 is 11.9 Å². The number of rotatable bonds is 12. The first-order valence-corrected chi connectivity index (χ1v) is 12.1. The third-order valence-corrected chi connectivity index (χ3v) is 6.60. The topological polar surface area (TPSA) is 84.6 Å². The molecule has 1 unspecified atom stereocenters. The molecule has 1 aliphatic carbocycles. The van der Waals surface area contributed by atoms with Crippen molar-refractivity contribution < 1.29 is 24.1 Å². The minimum Gasteiger partial charge on any atom is -0.394 e. The van der Waals surface area contributed by atoms with Gasteiger partial charge in [0.2, 0.25) is 0 Å². The summed E-state index contributed by atoms with van der Waals surface area (Å²) < 4.78 is 23.2. The maximum Gasteiger partial charge on any atom is 0.188 e. The Morgan fingerprint density at radius 3 is 2.85 bits per heavy atom. The van der Waals surface area contributed by atoms with Crippen LogP contribution in [0.4, 0.5) is 4.39 Å². The van der Waals surface area contributed by atoms with Gasteiger partial charge >= 0.3 is 0 Å². The molecule has 1 saturated carbocycles. The monoisotopic (exact) mass is 488 g/mol. The van der Waals surface area contributed by atoms with Crippen molar-refractivity contribution in [1.29, 1.82) is 0 Å². The second-order valence-electron chi connectivity index (χ2n) is 9.13. The zero-order valence-corrected chi connectivity index (χ0v) is 20.0. The molecule has 34 heavy (non-hydrogen) atoms. The Hall–Kier alpha value is -2.32. The highest BCUT2D eigenvalue weighted by Gasteiger charge is 2.24. The first-order valence-electron chi connectivity index (χ1n) is 11.7. The largest absolute Gasteiger partial charge is 0.394 e. The number of benzene rings is 2. The SMILES string of the molecule is Cc1cc(Cl)ccc1Cc1c(C(=O)COCC2CC2)cc2c(ncn2CCCC(O)CO)c1F. The fraction of sp³-hybridized carbons (Fsp3) is 0.462. The first kappa shape index (κ1) is 24.8. The van der Waals surface area contributed by atoms with Crippen molar-refractivity contribution in [3.8, 4) is 0 Å². The lowest BCUT2D eigenvalue weighted by Crippen LogP contribution is -2.15. The predicted octanol–water partition coefficient (Wildman–Crippen LogP) is 4.47. The van der Waals surface area contributed by atoms with E-state index in [0.717, 1.165) is 24.0 Å². The molecule has 1 aliphatic rings. The average molecular weight is 489 g/mol. The second-order valence-corrected chi connectivity index (χ2v) is 9.57. The number of Topliss-reactive ketones (excluding diaryl/α,β-unsaturated/α-hetero) is 1. The van der Waals surface area contributed by atoms with Crippen molar-refractivity contribution in [3.63, 3.8) is 0 Å². The van der Waals surface area contributed by atoms with Gasteiger partial charge in [-0.3, -0.25) is 4.79 Å². The van der Waals surface area contributed by atoms with Gasteiger partial charge in [-0.25, -0.2) is 9.37 Å². The minimum atomic E-state index is -0.790. The first-order chi connectivity index (χ1) is 16.4. The smallest absolute Gasteiger partial charge is 0.188 e. The van der Waals surface area contributed by atoms with Gasteiger partial charge in [-0.2, -0.15) is 0 Å². The molecule has 6 nitrogen and oxygen atoms in total. The Kier molecular flexibility index (Phi) is 7.99. The Morgan fingerprint density at radius 2 is 2.15 bits per heavy atom. The number of hydrogen-bond donors (Lipinski definition) is 2. The fourth-order valence-electron chi connectivity index (χ4n) is 4.11. The minimum absolute atomic E-state index is 0.0924. The van der Waals surface area contributed by atoms with E-state index in [2.05, 4.69) is 4.98 Å². The number of aromatic nitrogens is 2. The van der Waals surface area contributed by atoms with Gasteiger partial charge in [-0.15, -0.1) is 0 Å². The van der Waals surface area contributed by atoms with Crippen LogP contribution in [0.15, 0.2) is 30.6 Å². The summed E-state index contributed by atoms with van der Waals surface area (Å²) in [5.41, 5.74) is 3.14. The highest BCUT2D eigenvalue weighted by atomic mass is 35.5. The molecular formula is C26H30ClFN2O4. The zero-order chi connectivity index (χ0) is 24.2. The third-order valence-electron chi connectivity index (χ3n) is 6.36. The third kappa shape index (κ3) is 5.84. The van der Waals surface area contributed by atoms with Crippen molar-refractivity contribution in [1.82, 2.24) is 9.55 Å². The van der Waals surface area contributed by atoms with Gasteiger partial charge in [0.05, 0.1) is 31.2 Å². The van der Waals surface area contributed by atoms with Gasteiger partial charge in [0.25, 0.3) is 0 Å². The number of ether oxygens (including phenoxy) is 1. The highest BCUT2D eigenvalue weighted by molar-refractivity contribution is 6.30. The number of halogens is 2. The Morgan fingerprint density at radius 1 is 1.35 bits per heavy atom. The second kappa shape index (κ2) is 11.0. The summed E-state index contributed by atoms with van der Waals surface area (Å²) in [6.45, 7) is 2.55. The van der Waals surface area contributed by atoms with Crippen molar-refractivity contribution in [3.05, 3.63) is 63.7 Å². The molecule has 0 radical (unpaired) electrons. The van der Waals surface area contributed by atoms with Crippen LogP contribution in [0.3, 0.4) is 0 Å². The summed E-state index contributed by atoms with van der Waals surface area (Å²) in [7, 11) is 0. The van der Waals surface area contributed by atoms with Gasteiger partial charge in [0, 0.05) is 29.1 Å². The molecule has 3 aromatic rings. The number of carbonyl (C=O) groups excluding carboxylic acids is 1. The van der Waals surface area contributed by atoms with Gasteiger partial charge < -0.3 is 19.5 Å². The number of imidazole rings is 1. The van der Waals surface area contributed by atoms with Crippen LogP contribution in [0.25, 0.3) is 11.0 Å². The molecule has 0 amide bonds. The number of hydrogen-bond acceptors (Lipinski definition) is 5. The van der Waals surface area contributed by atoms with Crippen LogP contribution in [0, 0.1) is 18.7 Å². The van der Waals surface area contributed by atoms with Crippen LogP contribution in [0.5, 0.6) is 0 Å². The molecule has 1 heterocycles. The highest BCUT2D eigenvalue weighted by Crippen LogP contribution is 2.30. The molecule has 2 N–H and O–H groups in total. The number of nitrogens with zero attached hydrogens (tertiary/aromatic N) is 2. The molecule has 0 bridgehead atoms. The summed E-state index contributed by atoms with van der Waals surface area (Å²) in [6.07, 6.45) is 4.24. The van der Waals surface area contributed by atoms with Crippen LogP contribution in [-0.4, -0.2) is 51.5 Å². The van der Waals surface area contributed by atoms with Crippen LogP contribution in [0.2, 0.25) is 5.02 Å². The van der Waals surface area contributed by atoms with E-state index in [-0.39, 0.29) is 30.9 Å². The molecule has 0 spiro atoms. The van der Waals surface area contributed by atoms with Gasteiger partial charge in [0.1, 0.15) is 12.1 Å². The normalized spacial score (nSPS) is 14.6. The van der Waals surface area contributed by atoms with Crippen LogP contribution < -0.4 is 0 Å². The van der Waals surface area contributed by atoms with Crippen molar-refractivity contribution in [2.45, 2.75) is 51.7 Å². The molecule has 0 saturated heterocycles. The Bertz CT molecular complexity index is 1180. The zero-order valence-electron chi connectivity index (χ0n) is 19.3. The van der Waals surface area contributed by atoms with Gasteiger partial charge in [-0.1, -0.05) is 17.7 Å². The molecule has 0 aliphatic heterocycles. The Balaban J connectivity index is 1.67. The summed E-state index contributed by atoms with van der Waals surface area (Å²) in [5.74, 6) is -0.239. The van der Waals surface area contributed by atoms with Crippen molar-refractivity contribution >= 4 is 28.4 Å². The van der Waals surface area contributed by atoms with E-state index in [1.165, 1.54) is 0 Å². The number of aliphatic hydroxyl groups excluding tert-OH is 2. The quantitative estimate of drug-likeness (QED) is 0.367. The van der Waals surface area contributed by atoms with E-state index in [1.54, 1.807) is 23.0 Å². The lowest BCUT2D eigenvalue weighted by molar-refractivity contribution is 0.0738. The molecule has 4 rings (SSSR count). The number of aryl methyl sites for hydroxylation is 2. The van der Waals surface area contributed by atoms with Gasteiger partial charge in [-0.05, 0) is 67.9 Å². The number of carbonyl (C=O) groups is 1. The molecule has 1 aromatic heterocycles. The van der Waals surface area contributed by atoms with E-state index >= 15 is 4.39 Å².